The third kappa shape index (κ3) is 2.85. The van der Waals surface area contributed by atoms with Crippen molar-refractivity contribution in [3.05, 3.63) is 52.6 Å². The van der Waals surface area contributed by atoms with E-state index in [4.69, 9.17) is 23.7 Å². The minimum atomic E-state index is -0.438. The summed E-state index contributed by atoms with van der Waals surface area (Å²) in [6.07, 6.45) is 2.45. The van der Waals surface area contributed by atoms with Crippen LogP contribution in [0.15, 0.2) is 30.3 Å². The van der Waals surface area contributed by atoms with Crippen molar-refractivity contribution in [1.82, 2.24) is 0 Å². The number of hydrogen-bond acceptors (Lipinski definition) is 6. The van der Waals surface area contributed by atoms with E-state index in [0.29, 0.717) is 6.61 Å². The molecule has 1 aliphatic carbocycles. The molecule has 2 aliphatic heterocycles. The Morgan fingerprint density at radius 3 is 2.87 bits per heavy atom. The molecule has 3 atom stereocenters. The lowest BCUT2D eigenvalue weighted by molar-refractivity contribution is -0.148. The maximum absolute atomic E-state index is 11.8. The fraction of sp³-hybridized carbons (Fsp3) is 0.458. The molecule has 158 valence electrons. The summed E-state index contributed by atoms with van der Waals surface area (Å²) in [7, 11) is 1.69. The van der Waals surface area contributed by atoms with Crippen LogP contribution >= 0.6 is 0 Å². The highest BCUT2D eigenvalue weighted by atomic mass is 16.7. The van der Waals surface area contributed by atoms with Crippen molar-refractivity contribution in [2.75, 3.05) is 20.5 Å². The molecule has 3 aliphatic rings. The zero-order valence-corrected chi connectivity index (χ0v) is 17.5. The average Bonchev–Trinajstić information content (AvgIpc) is 3.18. The number of esters is 1. The van der Waals surface area contributed by atoms with Crippen LogP contribution in [0.25, 0.3) is 0 Å². The molecule has 0 bridgehead atoms. The number of fused-ring (bicyclic) bond motifs is 5. The number of carbonyl (C=O) groups excluding carboxylic acids is 1. The number of rotatable bonds is 8. The smallest absolute Gasteiger partial charge is 0.308 e. The van der Waals surface area contributed by atoms with Gasteiger partial charge in [0.2, 0.25) is 6.79 Å². The second-order valence-electron chi connectivity index (χ2n) is 8.14. The normalized spacial score (nSPS) is 23.1. The van der Waals surface area contributed by atoms with E-state index < -0.39 is 5.60 Å². The minimum absolute atomic E-state index is 0.0436. The minimum Gasteiger partial charge on any atom is -0.496 e. The Hall–Kier alpha value is -2.73. The van der Waals surface area contributed by atoms with Crippen molar-refractivity contribution in [2.45, 2.75) is 44.8 Å². The van der Waals surface area contributed by atoms with Crippen LogP contribution in [-0.2, 0) is 26.3 Å². The third-order valence-electron chi connectivity index (χ3n) is 6.35. The van der Waals surface area contributed by atoms with Gasteiger partial charge in [-0.25, -0.2) is 0 Å². The van der Waals surface area contributed by atoms with E-state index in [9.17, 15) is 4.79 Å². The highest BCUT2D eigenvalue weighted by molar-refractivity contribution is 5.71. The number of epoxide rings is 1. The summed E-state index contributed by atoms with van der Waals surface area (Å²) in [6.45, 7) is 4.57. The molecule has 2 aromatic rings. The quantitative estimate of drug-likeness (QED) is 0.368. The highest BCUT2D eigenvalue weighted by Gasteiger charge is 2.71. The van der Waals surface area contributed by atoms with Gasteiger partial charge in [-0.2, -0.15) is 0 Å². The lowest BCUT2D eigenvalue weighted by Gasteiger charge is -2.28. The van der Waals surface area contributed by atoms with Gasteiger partial charge in [-0.05, 0) is 54.2 Å². The predicted octanol–water partition coefficient (Wildman–Crippen LogP) is 4.27. The largest absolute Gasteiger partial charge is 0.496 e. The van der Waals surface area contributed by atoms with E-state index in [0.717, 1.165) is 47.6 Å². The predicted molar refractivity (Wildman–Crippen MR) is 109 cm³/mol. The molecule has 0 aromatic heterocycles. The molecule has 2 aromatic carbocycles. The number of carbonyl (C=O) groups is 1. The second-order valence-corrected chi connectivity index (χ2v) is 8.14. The first kappa shape index (κ1) is 19.2. The summed E-state index contributed by atoms with van der Waals surface area (Å²) in [5.74, 6) is 2.20. The maximum Gasteiger partial charge on any atom is 0.308 e. The van der Waals surface area contributed by atoms with Crippen LogP contribution in [0.5, 0.6) is 17.2 Å². The third-order valence-corrected chi connectivity index (χ3v) is 6.35. The molecule has 1 saturated heterocycles. The second kappa shape index (κ2) is 7.20. The van der Waals surface area contributed by atoms with Gasteiger partial charge in [-0.3, -0.25) is 4.79 Å². The van der Waals surface area contributed by atoms with Crippen molar-refractivity contribution in [3.63, 3.8) is 0 Å². The fourth-order valence-electron chi connectivity index (χ4n) is 4.40. The Morgan fingerprint density at radius 1 is 1.23 bits per heavy atom. The van der Waals surface area contributed by atoms with E-state index >= 15 is 0 Å². The SMILES string of the molecule is CC[C@H](C)C(=O)OCCCc1cc(OC)c2c(c1)[C@@H]1O[C@]21c1ccc2c(c1)OCO2. The van der Waals surface area contributed by atoms with Gasteiger partial charge in [0.25, 0.3) is 0 Å². The standard InChI is InChI=1S/C24H26O6/c1-4-14(2)23(25)27-9-5-6-15-10-17-21(20(11-15)26-3)24(22(17)30-24)16-7-8-18-19(12-16)29-13-28-18/h7-8,10-12,14,22H,4-6,9,13H2,1-3H3/t14-,22-,24+/m0/s1. The Balaban J connectivity index is 1.30. The first-order chi connectivity index (χ1) is 14.6. The number of ether oxygens (including phenoxy) is 5. The molecule has 1 fully saturated rings. The van der Waals surface area contributed by atoms with Crippen LogP contribution in [-0.4, -0.2) is 26.5 Å². The Morgan fingerprint density at radius 2 is 2.07 bits per heavy atom. The fourth-order valence-corrected chi connectivity index (χ4v) is 4.40. The molecule has 6 nitrogen and oxygen atoms in total. The highest BCUT2D eigenvalue weighted by Crippen LogP contribution is 2.73. The lowest BCUT2D eigenvalue weighted by atomic mass is 9.72. The molecule has 5 rings (SSSR count). The van der Waals surface area contributed by atoms with E-state index in [1.165, 1.54) is 11.1 Å². The van der Waals surface area contributed by atoms with E-state index in [-0.39, 0.29) is 24.8 Å². The zero-order valence-electron chi connectivity index (χ0n) is 17.5. The van der Waals surface area contributed by atoms with Crippen molar-refractivity contribution < 1.29 is 28.5 Å². The molecule has 0 spiro atoms. The van der Waals surface area contributed by atoms with Crippen molar-refractivity contribution in [2.24, 2.45) is 5.92 Å². The van der Waals surface area contributed by atoms with Crippen LogP contribution < -0.4 is 14.2 Å². The van der Waals surface area contributed by atoms with Gasteiger partial charge in [0, 0.05) is 5.56 Å². The van der Waals surface area contributed by atoms with Gasteiger partial charge in [-0.15, -0.1) is 0 Å². The van der Waals surface area contributed by atoms with Crippen LogP contribution in [0.3, 0.4) is 0 Å². The number of benzene rings is 2. The molecule has 0 N–H and O–H groups in total. The van der Waals surface area contributed by atoms with Gasteiger partial charge in [0.1, 0.15) is 11.9 Å². The average molecular weight is 410 g/mol. The van der Waals surface area contributed by atoms with Gasteiger partial charge in [0.15, 0.2) is 17.1 Å². The molecule has 0 amide bonds. The summed E-state index contributed by atoms with van der Waals surface area (Å²) in [6, 6.07) is 10.2. The topological polar surface area (TPSA) is 66.5 Å². The van der Waals surface area contributed by atoms with Gasteiger partial charge in [0.05, 0.1) is 19.6 Å². The van der Waals surface area contributed by atoms with Gasteiger partial charge < -0.3 is 23.7 Å². The van der Waals surface area contributed by atoms with E-state index in [2.05, 4.69) is 12.1 Å². The monoisotopic (exact) mass is 410 g/mol. The summed E-state index contributed by atoms with van der Waals surface area (Å²) >= 11 is 0. The summed E-state index contributed by atoms with van der Waals surface area (Å²) in [4.78, 5) is 11.8. The molecular formula is C24H26O6. The number of aryl methyl sites for hydroxylation is 1. The summed E-state index contributed by atoms with van der Waals surface area (Å²) < 4.78 is 28.2. The summed E-state index contributed by atoms with van der Waals surface area (Å²) in [5.41, 5.74) is 4.07. The molecule has 30 heavy (non-hydrogen) atoms. The Kier molecular flexibility index (Phi) is 4.62. The van der Waals surface area contributed by atoms with Crippen LogP contribution in [0, 0.1) is 5.92 Å². The lowest BCUT2D eigenvalue weighted by Crippen LogP contribution is -2.24. The van der Waals surface area contributed by atoms with Crippen LogP contribution in [0.1, 0.15) is 55.0 Å². The van der Waals surface area contributed by atoms with Crippen molar-refractivity contribution in [1.29, 1.82) is 0 Å². The molecule has 0 radical (unpaired) electrons. The van der Waals surface area contributed by atoms with Crippen LogP contribution in [0.2, 0.25) is 0 Å². The van der Waals surface area contributed by atoms with Crippen molar-refractivity contribution >= 4 is 5.97 Å². The number of hydrogen-bond donors (Lipinski definition) is 0. The van der Waals surface area contributed by atoms with Gasteiger partial charge in [-0.1, -0.05) is 26.0 Å². The Bertz CT molecular complexity index is 999. The molecule has 0 saturated carbocycles. The van der Waals surface area contributed by atoms with Crippen molar-refractivity contribution in [3.8, 4) is 17.2 Å². The first-order valence-electron chi connectivity index (χ1n) is 10.5. The first-order valence-corrected chi connectivity index (χ1v) is 10.5. The molecule has 6 heteroatoms. The number of methoxy groups -OCH3 is 1. The zero-order chi connectivity index (χ0) is 20.9. The maximum atomic E-state index is 11.8. The molecule has 0 unspecified atom stereocenters. The van der Waals surface area contributed by atoms with Gasteiger partial charge >= 0.3 is 5.97 Å². The summed E-state index contributed by atoms with van der Waals surface area (Å²) in [5, 5.41) is 0. The van der Waals surface area contributed by atoms with Crippen LogP contribution in [0.4, 0.5) is 0 Å². The van der Waals surface area contributed by atoms with E-state index in [1.54, 1.807) is 7.11 Å². The molecular weight excluding hydrogens is 384 g/mol. The Labute approximate surface area is 176 Å². The molecule has 2 heterocycles. The van der Waals surface area contributed by atoms with E-state index in [1.807, 2.05) is 32.0 Å².